The Hall–Kier alpha value is -2.69. The van der Waals surface area contributed by atoms with Crippen LogP contribution in [-0.4, -0.2) is 22.4 Å². The molecule has 0 spiro atoms. The molecule has 0 aliphatic heterocycles. The molecule has 0 bridgehead atoms. The molecule has 20 heavy (non-hydrogen) atoms. The van der Waals surface area contributed by atoms with Crippen LogP contribution in [0.1, 0.15) is 5.56 Å². The summed E-state index contributed by atoms with van der Waals surface area (Å²) in [5.74, 6) is 0.628. The zero-order valence-corrected chi connectivity index (χ0v) is 11.1. The molecule has 0 atom stereocenters. The highest BCUT2D eigenvalue weighted by Crippen LogP contribution is 2.26. The minimum Gasteiger partial charge on any atom is -0.504 e. The number of methoxy groups -OCH3 is 1. The van der Waals surface area contributed by atoms with Crippen LogP contribution in [0.2, 0.25) is 0 Å². The maximum atomic E-state index is 9.56. The van der Waals surface area contributed by atoms with Crippen molar-refractivity contribution < 1.29 is 9.84 Å². The Morgan fingerprint density at radius 2 is 2.15 bits per heavy atom. The zero-order chi connectivity index (χ0) is 13.9. The van der Waals surface area contributed by atoms with Crippen LogP contribution >= 0.6 is 0 Å². The fraction of sp³-hybridized carbons (Fsp3) is 0.133. The summed E-state index contributed by atoms with van der Waals surface area (Å²) in [6.07, 6.45) is 1.80. The van der Waals surface area contributed by atoms with Crippen LogP contribution in [0.4, 0.5) is 5.69 Å². The molecule has 0 fully saturated rings. The highest BCUT2D eigenvalue weighted by Gasteiger charge is 2.03. The number of hydrogen-bond donors (Lipinski definition) is 3. The van der Waals surface area contributed by atoms with Gasteiger partial charge in [0.15, 0.2) is 11.5 Å². The smallest absolute Gasteiger partial charge is 0.160 e. The summed E-state index contributed by atoms with van der Waals surface area (Å²) in [5, 5.41) is 20.9. The van der Waals surface area contributed by atoms with Crippen LogP contribution in [0.5, 0.6) is 11.5 Å². The molecular weight excluding hydrogens is 254 g/mol. The summed E-state index contributed by atoms with van der Waals surface area (Å²) in [6, 6.07) is 11.3. The molecule has 0 aliphatic carbocycles. The van der Waals surface area contributed by atoms with Gasteiger partial charge in [0.1, 0.15) is 0 Å². The maximum Gasteiger partial charge on any atom is 0.160 e. The molecule has 1 aromatic heterocycles. The lowest BCUT2D eigenvalue weighted by Crippen LogP contribution is -1.99. The number of anilines is 1. The second kappa shape index (κ2) is 5.13. The first kappa shape index (κ1) is 12.3. The Morgan fingerprint density at radius 3 is 3.00 bits per heavy atom. The summed E-state index contributed by atoms with van der Waals surface area (Å²) in [4.78, 5) is 0. The lowest BCUT2D eigenvalue weighted by atomic mass is 10.2. The number of phenolic OH excluding ortho intramolecular Hbond substituents is 1. The fourth-order valence-corrected chi connectivity index (χ4v) is 2.08. The molecule has 0 radical (unpaired) electrons. The quantitative estimate of drug-likeness (QED) is 0.681. The number of rotatable bonds is 4. The van der Waals surface area contributed by atoms with E-state index in [0.717, 1.165) is 22.2 Å². The Morgan fingerprint density at radius 1 is 1.25 bits per heavy atom. The van der Waals surface area contributed by atoms with E-state index in [1.807, 2.05) is 30.3 Å². The molecule has 3 rings (SSSR count). The van der Waals surface area contributed by atoms with Gasteiger partial charge in [0.25, 0.3) is 0 Å². The molecule has 102 valence electrons. The molecule has 5 nitrogen and oxygen atoms in total. The standard InChI is InChI=1S/C15H15N3O2/c1-20-15-6-10(2-5-14(15)19)8-16-12-4-3-11-9-17-18-13(11)7-12/h2-7,9,16,19H,8H2,1H3,(H,17,18). The second-order valence-electron chi connectivity index (χ2n) is 4.53. The first-order valence-electron chi connectivity index (χ1n) is 6.29. The van der Waals surface area contributed by atoms with E-state index < -0.39 is 0 Å². The van der Waals surface area contributed by atoms with Gasteiger partial charge in [-0.15, -0.1) is 0 Å². The number of H-pyrrole nitrogens is 1. The van der Waals surface area contributed by atoms with Gasteiger partial charge >= 0.3 is 0 Å². The summed E-state index contributed by atoms with van der Waals surface area (Å²) < 4.78 is 5.09. The van der Waals surface area contributed by atoms with Crippen LogP contribution in [0.3, 0.4) is 0 Å². The lowest BCUT2D eigenvalue weighted by molar-refractivity contribution is 0.373. The monoisotopic (exact) mass is 269 g/mol. The van der Waals surface area contributed by atoms with Gasteiger partial charge in [0, 0.05) is 17.6 Å². The predicted molar refractivity (Wildman–Crippen MR) is 78.1 cm³/mol. The van der Waals surface area contributed by atoms with Gasteiger partial charge in [0.05, 0.1) is 18.8 Å². The molecule has 0 saturated heterocycles. The second-order valence-corrected chi connectivity index (χ2v) is 4.53. The predicted octanol–water partition coefficient (Wildman–Crippen LogP) is 2.89. The third-order valence-corrected chi connectivity index (χ3v) is 3.18. The number of phenols is 1. The number of ether oxygens (including phenoxy) is 1. The van der Waals surface area contributed by atoms with Crippen LogP contribution in [0.25, 0.3) is 10.9 Å². The van der Waals surface area contributed by atoms with Gasteiger partial charge in [-0.2, -0.15) is 5.10 Å². The Balaban J connectivity index is 1.75. The number of fused-ring (bicyclic) bond motifs is 1. The van der Waals surface area contributed by atoms with Gasteiger partial charge in [0.2, 0.25) is 0 Å². The van der Waals surface area contributed by atoms with E-state index >= 15 is 0 Å². The molecule has 2 aromatic carbocycles. The van der Waals surface area contributed by atoms with Crippen molar-refractivity contribution in [2.75, 3.05) is 12.4 Å². The van der Waals surface area contributed by atoms with Crippen LogP contribution in [0.15, 0.2) is 42.6 Å². The SMILES string of the molecule is COc1cc(CNc2ccc3cn[nH]c3c2)ccc1O. The van der Waals surface area contributed by atoms with E-state index in [-0.39, 0.29) is 5.75 Å². The van der Waals surface area contributed by atoms with Crippen LogP contribution in [0, 0.1) is 0 Å². The maximum absolute atomic E-state index is 9.56. The van der Waals surface area contributed by atoms with E-state index in [1.54, 1.807) is 19.4 Å². The Bertz CT molecular complexity index is 737. The normalized spacial score (nSPS) is 10.7. The first-order chi connectivity index (χ1) is 9.76. The molecular formula is C15H15N3O2. The van der Waals surface area contributed by atoms with Gasteiger partial charge in [-0.05, 0) is 35.9 Å². The summed E-state index contributed by atoms with van der Waals surface area (Å²) in [6.45, 7) is 0.649. The van der Waals surface area contributed by atoms with Gasteiger partial charge < -0.3 is 15.2 Å². The third kappa shape index (κ3) is 2.38. The number of aromatic hydroxyl groups is 1. The largest absolute Gasteiger partial charge is 0.504 e. The number of nitrogens with zero attached hydrogens (tertiary/aromatic N) is 1. The Labute approximate surface area is 116 Å². The number of hydrogen-bond acceptors (Lipinski definition) is 4. The Kier molecular flexibility index (Phi) is 3.16. The number of aromatic amines is 1. The molecule has 0 amide bonds. The molecule has 0 saturated carbocycles. The average molecular weight is 269 g/mol. The number of nitrogens with one attached hydrogen (secondary N) is 2. The van der Waals surface area contributed by atoms with Crippen molar-refractivity contribution in [2.24, 2.45) is 0 Å². The third-order valence-electron chi connectivity index (χ3n) is 3.18. The van der Waals surface area contributed by atoms with Crippen molar-refractivity contribution in [3.05, 3.63) is 48.2 Å². The average Bonchev–Trinajstić information content (AvgIpc) is 2.94. The van der Waals surface area contributed by atoms with E-state index in [4.69, 9.17) is 4.74 Å². The number of benzene rings is 2. The molecule has 0 unspecified atom stereocenters. The lowest BCUT2D eigenvalue weighted by Gasteiger charge is -2.09. The van der Waals surface area contributed by atoms with Crippen LogP contribution in [-0.2, 0) is 6.54 Å². The molecule has 1 heterocycles. The molecule has 3 N–H and O–H groups in total. The summed E-state index contributed by atoms with van der Waals surface area (Å²) in [7, 11) is 1.54. The summed E-state index contributed by atoms with van der Waals surface area (Å²) >= 11 is 0. The fourth-order valence-electron chi connectivity index (χ4n) is 2.08. The van der Waals surface area contributed by atoms with Gasteiger partial charge in [-0.1, -0.05) is 6.07 Å². The van der Waals surface area contributed by atoms with Gasteiger partial charge in [-0.3, -0.25) is 5.10 Å². The number of aromatic nitrogens is 2. The minimum absolute atomic E-state index is 0.148. The van der Waals surface area contributed by atoms with E-state index in [1.165, 1.54) is 0 Å². The zero-order valence-electron chi connectivity index (χ0n) is 11.1. The summed E-state index contributed by atoms with van der Waals surface area (Å²) in [5.41, 5.74) is 3.04. The minimum atomic E-state index is 0.148. The van der Waals surface area contributed by atoms with Crippen molar-refractivity contribution in [2.45, 2.75) is 6.54 Å². The molecule has 0 aliphatic rings. The van der Waals surface area contributed by atoms with E-state index in [9.17, 15) is 5.11 Å². The van der Waals surface area contributed by atoms with E-state index in [2.05, 4.69) is 15.5 Å². The highest BCUT2D eigenvalue weighted by atomic mass is 16.5. The van der Waals surface area contributed by atoms with Gasteiger partial charge in [-0.25, -0.2) is 0 Å². The van der Waals surface area contributed by atoms with Crippen molar-refractivity contribution in [1.82, 2.24) is 10.2 Å². The molecule has 3 aromatic rings. The van der Waals surface area contributed by atoms with Crippen molar-refractivity contribution in [3.63, 3.8) is 0 Å². The van der Waals surface area contributed by atoms with Crippen LogP contribution < -0.4 is 10.1 Å². The molecule has 5 heteroatoms. The van der Waals surface area contributed by atoms with E-state index in [0.29, 0.717) is 12.3 Å². The highest BCUT2D eigenvalue weighted by molar-refractivity contribution is 5.81. The van der Waals surface area contributed by atoms with Crippen molar-refractivity contribution in [3.8, 4) is 11.5 Å². The first-order valence-corrected chi connectivity index (χ1v) is 6.29. The van der Waals surface area contributed by atoms with Crippen molar-refractivity contribution in [1.29, 1.82) is 0 Å². The topological polar surface area (TPSA) is 70.2 Å². The van der Waals surface area contributed by atoms with Crippen molar-refractivity contribution >= 4 is 16.6 Å².